The van der Waals surface area contributed by atoms with Crippen molar-refractivity contribution < 1.29 is 256 Å². The van der Waals surface area contributed by atoms with E-state index in [2.05, 4.69) is 19.7 Å². The number of aliphatic hydroxyl groups is 25. The van der Waals surface area contributed by atoms with Gasteiger partial charge in [0.2, 0.25) is 11.8 Å². The van der Waals surface area contributed by atoms with Crippen molar-refractivity contribution in [1.82, 2.24) is 10.6 Å². The van der Waals surface area contributed by atoms with Crippen LogP contribution < -0.4 is 10.6 Å². The van der Waals surface area contributed by atoms with Crippen molar-refractivity contribution in [3.8, 4) is 0 Å². The van der Waals surface area contributed by atoms with E-state index >= 15 is 0 Å². The van der Waals surface area contributed by atoms with E-state index in [4.69, 9.17) is 80.5 Å². The van der Waals surface area contributed by atoms with E-state index < -0.39 is 363 Å². The van der Waals surface area contributed by atoms with E-state index in [1.165, 1.54) is 0 Å². The lowest BCUT2D eigenvalue weighted by Crippen LogP contribution is -2.70. The van der Waals surface area contributed by atoms with Gasteiger partial charge in [-0.2, -0.15) is 0 Å². The minimum absolute atomic E-state index is 0.813. The van der Waals surface area contributed by atoms with Crippen LogP contribution in [0, 0.1) is 0 Å². The number of carbonyl (C=O) groups excluding carboxylic acids is 2. The molecule has 664 valence electrons. The number of ether oxygens (including phenoxy) is 17. The SMILES string of the molecule is CC(=O)NC1C(O)OC(CO)C(OC2OC(CO)C(OC3OC(COC4OC(COC5OC(COP(=O)(O)O)C(O)C(O)C5OC5OC(CO)C(O)C(O)C5O)C(O)C(OC5OC(CO)C(O)C(O)C5O)C4O)C(O)C(OC4OC(CO)C(O)C(O)C4OC4OC(COP(=O)(O)O)C(O)C(O)C4O)C3O)C(O)C2NC(C)=O)C1O. The summed E-state index contributed by atoms with van der Waals surface area (Å²) in [6.45, 7) is -8.81. The highest BCUT2D eigenvalue weighted by molar-refractivity contribution is 7.46. The number of hydrogen-bond donors (Lipinski definition) is 31. The van der Waals surface area contributed by atoms with E-state index in [0.29, 0.717) is 0 Å². The van der Waals surface area contributed by atoms with Gasteiger partial charge in [-0.3, -0.25) is 18.6 Å². The summed E-state index contributed by atoms with van der Waals surface area (Å²) in [5.41, 5.74) is 0. The predicted octanol–water partition coefficient (Wildman–Crippen LogP) is -20.1. The minimum atomic E-state index is -5.43. The van der Waals surface area contributed by atoms with Crippen molar-refractivity contribution in [1.29, 1.82) is 0 Å². The van der Waals surface area contributed by atoms with Crippen molar-refractivity contribution >= 4 is 27.5 Å². The van der Waals surface area contributed by atoms with Gasteiger partial charge in [-0.05, 0) is 0 Å². The number of nitrogens with one attached hydrogen (secondary N) is 2. The van der Waals surface area contributed by atoms with Crippen LogP contribution in [-0.2, 0) is 108 Å². The second-order valence-corrected chi connectivity index (χ2v) is 30.4. The van der Waals surface area contributed by atoms with E-state index in [-0.39, 0.29) is 0 Å². The lowest BCUT2D eigenvalue weighted by atomic mass is 9.94. The first-order valence-electron chi connectivity index (χ1n) is 35.1. The molecule has 0 radical (unpaired) electrons. The van der Waals surface area contributed by atoms with Crippen LogP contribution in [0.15, 0.2) is 0 Å². The summed E-state index contributed by atoms with van der Waals surface area (Å²) in [4.78, 5) is 62.9. The Hall–Kier alpha value is -2.52. The molecule has 54 nitrogen and oxygen atoms in total. The quantitative estimate of drug-likeness (QED) is 0.0287. The Labute approximate surface area is 641 Å². The molecule has 0 aromatic rings. The number of amides is 2. The van der Waals surface area contributed by atoms with Crippen LogP contribution in [0.1, 0.15) is 13.8 Å². The molecule has 9 fully saturated rings. The van der Waals surface area contributed by atoms with Gasteiger partial charge in [-0.15, -0.1) is 0 Å². The molecular formula is C58H100N2O52P2. The van der Waals surface area contributed by atoms with Gasteiger partial charge in [0, 0.05) is 13.8 Å². The molecule has 56 heteroatoms. The summed E-state index contributed by atoms with van der Waals surface area (Å²) in [7, 11) is -10.8. The highest BCUT2D eigenvalue weighted by atomic mass is 31.2. The lowest BCUT2D eigenvalue weighted by Gasteiger charge is -2.51. The Bertz CT molecular complexity index is 3110. The first-order chi connectivity index (χ1) is 53.5. The molecule has 0 aromatic carbocycles. The number of aliphatic hydroxyl groups excluding tert-OH is 25. The summed E-state index contributed by atoms with van der Waals surface area (Å²) < 4.78 is 131. The van der Waals surface area contributed by atoms with Crippen LogP contribution in [0.3, 0.4) is 0 Å². The largest absolute Gasteiger partial charge is 0.469 e. The molecule has 45 atom stereocenters. The molecule has 114 heavy (non-hydrogen) atoms. The third-order valence-electron chi connectivity index (χ3n) is 20.0. The molecule has 0 aliphatic carbocycles. The zero-order valence-electron chi connectivity index (χ0n) is 59.6. The second kappa shape index (κ2) is 40.7. The molecule has 9 heterocycles. The molecule has 9 aliphatic rings. The standard InChI is InChI=1S/C58H100N2O52P2/c1-12(66)59-23-32(75)44(17(6-64)98-50(23)87)107-51-24(60-13(2)67)33(76)45(18(7-65)102-51)108-56-43(86)47(110-58-49(37(80)27(70)16(5-63)101-58)112-55-41(84)36(79)28(71)21(105-55)10-96-113(88,89)90)31(74)20(104-56)8-94-52-42(85)46(109-53-39(82)34(77)25(68)14(3-61)99-53)30(73)19(103-52)9-95-57-48(38(81)29(72)22(106-57)11-97-114(91,92)93)111-54-40(83)35(78)26(69)15(4-62)100-54/h14-58,61-65,68-87H,3-11H2,1-2H3,(H,59,66)(H,60,67)(H2,88,89,90)(H2,91,92,93). The topological polar surface area (TPSA) is 854 Å². The smallest absolute Gasteiger partial charge is 0.394 e. The lowest BCUT2D eigenvalue weighted by molar-refractivity contribution is -0.399. The maximum Gasteiger partial charge on any atom is 0.469 e. The summed E-state index contributed by atoms with van der Waals surface area (Å²) in [6, 6.07) is -3.65. The molecular weight excluding hydrogens is 1620 g/mol. The van der Waals surface area contributed by atoms with Crippen molar-refractivity contribution in [3.63, 3.8) is 0 Å². The fraction of sp³-hybridized carbons (Fsp3) is 0.966. The van der Waals surface area contributed by atoms with Gasteiger partial charge >= 0.3 is 15.6 Å². The summed E-state index contributed by atoms with van der Waals surface area (Å²) in [5, 5.41) is 283. The first kappa shape index (κ1) is 95.3. The minimum Gasteiger partial charge on any atom is -0.394 e. The van der Waals surface area contributed by atoms with Crippen molar-refractivity contribution in [2.45, 2.75) is 290 Å². The van der Waals surface area contributed by atoms with Gasteiger partial charge in [-0.1, -0.05) is 0 Å². The Balaban J connectivity index is 1.07. The Morgan fingerprint density at radius 3 is 0.982 bits per heavy atom. The van der Waals surface area contributed by atoms with Crippen molar-refractivity contribution in [2.75, 3.05) is 59.5 Å². The van der Waals surface area contributed by atoms with Gasteiger partial charge < -0.3 is 238 Å². The number of hydrogen-bond acceptors (Lipinski definition) is 48. The normalized spacial score (nSPS) is 48.7. The highest BCUT2D eigenvalue weighted by Crippen LogP contribution is 2.42. The highest BCUT2D eigenvalue weighted by Gasteiger charge is 2.61. The Kier molecular flexibility index (Phi) is 34.0. The van der Waals surface area contributed by atoms with Crippen LogP contribution >= 0.6 is 15.6 Å². The van der Waals surface area contributed by atoms with E-state index in [0.717, 1.165) is 13.8 Å². The average molecular weight is 1720 g/mol. The Morgan fingerprint density at radius 2 is 0.553 bits per heavy atom. The second-order valence-electron chi connectivity index (χ2n) is 27.9. The third-order valence-corrected chi connectivity index (χ3v) is 21.0. The van der Waals surface area contributed by atoms with Crippen molar-refractivity contribution in [2.24, 2.45) is 0 Å². The molecule has 0 saturated carbocycles. The van der Waals surface area contributed by atoms with Crippen LogP contribution in [0.4, 0.5) is 0 Å². The molecule has 0 aromatic heterocycles. The zero-order valence-corrected chi connectivity index (χ0v) is 61.4. The molecule has 9 aliphatic heterocycles. The predicted molar refractivity (Wildman–Crippen MR) is 342 cm³/mol. The van der Waals surface area contributed by atoms with Crippen LogP contribution in [0.5, 0.6) is 0 Å². The Morgan fingerprint density at radius 1 is 0.272 bits per heavy atom. The van der Waals surface area contributed by atoms with E-state index in [1.54, 1.807) is 0 Å². The molecule has 45 unspecified atom stereocenters. The number of phosphoric acid groups is 2. The van der Waals surface area contributed by atoms with E-state index in [1.807, 2.05) is 0 Å². The third kappa shape index (κ3) is 22.1. The van der Waals surface area contributed by atoms with Crippen molar-refractivity contribution in [3.05, 3.63) is 0 Å². The summed E-state index contributed by atoms with van der Waals surface area (Å²) in [5.74, 6) is -1.79. The average Bonchev–Trinajstić information content (AvgIpc) is 0.791. The molecule has 31 N–H and O–H groups in total. The van der Waals surface area contributed by atoms with Gasteiger partial charge in [0.25, 0.3) is 0 Å². The summed E-state index contributed by atoms with van der Waals surface area (Å²) in [6.07, 6.45) is -95.6. The molecule has 9 saturated heterocycles. The maximum atomic E-state index is 13.0. The van der Waals surface area contributed by atoms with E-state index in [9.17, 15) is 166 Å². The van der Waals surface area contributed by atoms with Gasteiger partial charge in [0.05, 0.1) is 59.5 Å². The number of rotatable bonds is 31. The fourth-order valence-corrected chi connectivity index (χ4v) is 14.5. The molecule has 9 rings (SSSR count). The number of phosphoric ester groups is 2. The zero-order chi connectivity index (χ0) is 84.3. The van der Waals surface area contributed by atoms with Gasteiger partial charge in [0.1, 0.15) is 220 Å². The van der Waals surface area contributed by atoms with Gasteiger partial charge in [0.15, 0.2) is 56.6 Å². The maximum absolute atomic E-state index is 13.0. The number of carbonyl (C=O) groups is 2. The molecule has 0 spiro atoms. The summed E-state index contributed by atoms with van der Waals surface area (Å²) >= 11 is 0. The monoisotopic (exact) mass is 1720 g/mol. The molecule has 2 amide bonds. The van der Waals surface area contributed by atoms with Crippen LogP contribution in [0.25, 0.3) is 0 Å². The first-order valence-corrected chi connectivity index (χ1v) is 38.2. The molecule has 0 bridgehead atoms. The van der Waals surface area contributed by atoms with Crippen LogP contribution in [-0.4, -0.2) is 495 Å². The fourth-order valence-electron chi connectivity index (χ4n) is 13.8. The van der Waals surface area contributed by atoms with Crippen LogP contribution in [0.2, 0.25) is 0 Å². The van der Waals surface area contributed by atoms with Gasteiger partial charge in [-0.25, -0.2) is 9.13 Å².